The van der Waals surface area contributed by atoms with E-state index >= 15 is 0 Å². The molecular weight excluding hydrogens is 328 g/mol. The largest absolute Gasteiger partial charge is 0.287 e. The predicted octanol–water partition coefficient (Wildman–Crippen LogP) is 4.49. The fourth-order valence-electron chi connectivity index (χ4n) is 2.25. The van der Waals surface area contributed by atoms with E-state index < -0.39 is 0 Å². The number of halogens is 1. The second kappa shape index (κ2) is 7.02. The first-order chi connectivity index (χ1) is 11.1. The first-order valence-corrected chi connectivity index (χ1v) is 8.52. The Hall–Kier alpha value is -2.04. The van der Waals surface area contributed by atoms with Gasteiger partial charge in [0.1, 0.15) is 0 Å². The third kappa shape index (κ3) is 3.84. The Bertz CT molecular complexity index is 892. The zero-order valence-corrected chi connectivity index (χ0v) is 14.1. The molecule has 0 amide bonds. The van der Waals surface area contributed by atoms with Crippen molar-refractivity contribution in [2.24, 2.45) is 0 Å². The number of hydrogen-bond donors (Lipinski definition) is 0. The molecule has 0 aliphatic carbocycles. The third-order valence-corrected chi connectivity index (χ3v) is 4.62. The van der Waals surface area contributed by atoms with E-state index in [1.807, 2.05) is 55.5 Å². The molecule has 0 atom stereocenters. The van der Waals surface area contributed by atoms with Crippen LogP contribution in [0.15, 0.2) is 70.7 Å². The molecule has 1 aromatic heterocycles. The van der Waals surface area contributed by atoms with Crippen LogP contribution in [0.1, 0.15) is 11.1 Å². The van der Waals surface area contributed by atoms with Gasteiger partial charge in [0.2, 0.25) is 0 Å². The number of aryl methyl sites for hydroxylation is 1. The minimum absolute atomic E-state index is 0.106. The van der Waals surface area contributed by atoms with E-state index in [2.05, 4.69) is 4.98 Å². The van der Waals surface area contributed by atoms with Crippen molar-refractivity contribution in [3.05, 3.63) is 87.4 Å². The molecule has 1 heterocycles. The van der Waals surface area contributed by atoms with Gasteiger partial charge in [-0.3, -0.25) is 9.36 Å². The SMILES string of the molecule is Cc1cccc(-n2ccnc(SCc3cccc(Cl)c3)c2=O)c1. The van der Waals surface area contributed by atoms with E-state index in [-0.39, 0.29) is 5.56 Å². The van der Waals surface area contributed by atoms with Crippen LogP contribution < -0.4 is 5.56 Å². The highest BCUT2D eigenvalue weighted by Crippen LogP contribution is 2.20. The molecule has 3 aromatic rings. The van der Waals surface area contributed by atoms with Crippen molar-refractivity contribution in [1.82, 2.24) is 9.55 Å². The lowest BCUT2D eigenvalue weighted by molar-refractivity contribution is 0.881. The molecule has 2 aromatic carbocycles. The van der Waals surface area contributed by atoms with Gasteiger partial charge in [0, 0.05) is 28.9 Å². The Morgan fingerprint density at radius 3 is 2.78 bits per heavy atom. The van der Waals surface area contributed by atoms with Crippen molar-refractivity contribution < 1.29 is 0 Å². The highest BCUT2D eigenvalue weighted by atomic mass is 35.5. The molecule has 0 saturated carbocycles. The van der Waals surface area contributed by atoms with Crippen LogP contribution in [0.4, 0.5) is 0 Å². The fraction of sp³-hybridized carbons (Fsp3) is 0.111. The molecule has 0 spiro atoms. The molecule has 23 heavy (non-hydrogen) atoms. The Morgan fingerprint density at radius 1 is 1.17 bits per heavy atom. The van der Waals surface area contributed by atoms with Crippen LogP contribution in [0, 0.1) is 6.92 Å². The van der Waals surface area contributed by atoms with Crippen LogP contribution in [-0.4, -0.2) is 9.55 Å². The quantitative estimate of drug-likeness (QED) is 0.655. The lowest BCUT2D eigenvalue weighted by atomic mass is 10.2. The summed E-state index contributed by atoms with van der Waals surface area (Å²) in [4.78, 5) is 16.8. The molecule has 0 bridgehead atoms. The minimum atomic E-state index is -0.106. The van der Waals surface area contributed by atoms with Crippen molar-refractivity contribution in [1.29, 1.82) is 0 Å². The number of hydrogen-bond acceptors (Lipinski definition) is 3. The molecule has 5 heteroatoms. The summed E-state index contributed by atoms with van der Waals surface area (Å²) in [5.41, 5.74) is 2.92. The van der Waals surface area contributed by atoms with Gasteiger partial charge in [0.05, 0.1) is 0 Å². The van der Waals surface area contributed by atoms with Crippen molar-refractivity contribution in [3.8, 4) is 5.69 Å². The monoisotopic (exact) mass is 342 g/mol. The van der Waals surface area contributed by atoms with Crippen molar-refractivity contribution in [2.45, 2.75) is 17.7 Å². The summed E-state index contributed by atoms with van der Waals surface area (Å²) in [5.74, 6) is 0.653. The molecule has 0 aliphatic rings. The summed E-state index contributed by atoms with van der Waals surface area (Å²) in [5, 5.41) is 1.18. The topological polar surface area (TPSA) is 34.9 Å². The summed E-state index contributed by atoms with van der Waals surface area (Å²) in [6.07, 6.45) is 3.35. The van der Waals surface area contributed by atoms with Crippen LogP contribution in [0.25, 0.3) is 5.69 Å². The first kappa shape index (κ1) is 15.8. The van der Waals surface area contributed by atoms with E-state index in [0.717, 1.165) is 16.8 Å². The smallest absolute Gasteiger partial charge is 0.280 e. The van der Waals surface area contributed by atoms with E-state index in [1.54, 1.807) is 17.0 Å². The minimum Gasteiger partial charge on any atom is -0.280 e. The van der Waals surface area contributed by atoms with Gasteiger partial charge in [0.15, 0.2) is 5.03 Å². The molecule has 0 aliphatic heterocycles. The van der Waals surface area contributed by atoms with Gasteiger partial charge >= 0.3 is 0 Å². The number of nitrogens with zero attached hydrogens (tertiary/aromatic N) is 2. The van der Waals surface area contributed by atoms with Crippen LogP contribution >= 0.6 is 23.4 Å². The van der Waals surface area contributed by atoms with Crippen molar-refractivity contribution in [3.63, 3.8) is 0 Å². The lowest BCUT2D eigenvalue weighted by Gasteiger charge is -2.08. The van der Waals surface area contributed by atoms with Gasteiger partial charge in [-0.1, -0.05) is 47.6 Å². The van der Waals surface area contributed by atoms with Crippen molar-refractivity contribution >= 4 is 23.4 Å². The Kier molecular flexibility index (Phi) is 4.84. The molecule has 3 rings (SSSR count). The van der Waals surface area contributed by atoms with Gasteiger partial charge in [-0.25, -0.2) is 4.98 Å². The van der Waals surface area contributed by atoms with Crippen molar-refractivity contribution in [2.75, 3.05) is 0 Å². The Balaban J connectivity index is 1.87. The average molecular weight is 343 g/mol. The molecule has 0 unspecified atom stereocenters. The zero-order valence-electron chi connectivity index (χ0n) is 12.6. The normalized spacial score (nSPS) is 10.7. The number of aromatic nitrogens is 2. The second-order valence-corrected chi connectivity index (χ2v) is 6.57. The standard InChI is InChI=1S/C18H15ClN2OS/c1-13-4-2-7-16(10-13)21-9-8-20-17(18(21)22)23-12-14-5-3-6-15(19)11-14/h2-11H,12H2,1H3. The second-order valence-electron chi connectivity index (χ2n) is 5.17. The lowest BCUT2D eigenvalue weighted by Crippen LogP contribution is -2.20. The summed E-state index contributed by atoms with van der Waals surface area (Å²) < 4.78 is 1.63. The van der Waals surface area contributed by atoms with E-state index in [1.165, 1.54) is 11.8 Å². The Labute approximate surface area is 144 Å². The summed E-state index contributed by atoms with van der Waals surface area (Å²) >= 11 is 7.41. The highest BCUT2D eigenvalue weighted by molar-refractivity contribution is 7.98. The third-order valence-electron chi connectivity index (χ3n) is 3.35. The molecule has 0 fully saturated rings. The zero-order chi connectivity index (χ0) is 16.2. The van der Waals surface area contributed by atoms with Gasteiger partial charge < -0.3 is 0 Å². The molecule has 0 saturated heterocycles. The molecule has 0 N–H and O–H groups in total. The Morgan fingerprint density at radius 2 is 2.00 bits per heavy atom. The average Bonchev–Trinajstić information content (AvgIpc) is 2.54. The van der Waals surface area contributed by atoms with E-state index in [0.29, 0.717) is 15.8 Å². The number of thioether (sulfide) groups is 1. The summed E-state index contributed by atoms with van der Waals surface area (Å²) in [6, 6.07) is 15.5. The van der Waals surface area contributed by atoms with E-state index in [4.69, 9.17) is 11.6 Å². The maximum atomic E-state index is 12.6. The highest BCUT2D eigenvalue weighted by Gasteiger charge is 2.08. The summed E-state index contributed by atoms with van der Waals surface area (Å²) in [7, 11) is 0. The van der Waals surface area contributed by atoms with Gasteiger partial charge in [0.25, 0.3) is 5.56 Å². The van der Waals surface area contributed by atoms with Crippen LogP contribution in [-0.2, 0) is 5.75 Å². The van der Waals surface area contributed by atoms with Crippen LogP contribution in [0.2, 0.25) is 5.02 Å². The predicted molar refractivity (Wildman–Crippen MR) is 95.6 cm³/mol. The number of benzene rings is 2. The molecule has 0 radical (unpaired) electrons. The molecule has 3 nitrogen and oxygen atoms in total. The van der Waals surface area contributed by atoms with Crippen LogP contribution in [0.5, 0.6) is 0 Å². The van der Waals surface area contributed by atoms with Gasteiger partial charge in [-0.15, -0.1) is 0 Å². The molecule has 116 valence electrons. The number of rotatable bonds is 4. The maximum Gasteiger partial charge on any atom is 0.287 e. The first-order valence-electron chi connectivity index (χ1n) is 7.15. The van der Waals surface area contributed by atoms with Gasteiger partial charge in [-0.2, -0.15) is 0 Å². The van der Waals surface area contributed by atoms with Gasteiger partial charge in [-0.05, 0) is 42.3 Å². The maximum absolute atomic E-state index is 12.6. The fourth-order valence-corrected chi connectivity index (χ4v) is 3.31. The summed E-state index contributed by atoms with van der Waals surface area (Å²) in [6.45, 7) is 2.00. The van der Waals surface area contributed by atoms with Crippen LogP contribution in [0.3, 0.4) is 0 Å². The van der Waals surface area contributed by atoms with E-state index in [9.17, 15) is 4.79 Å². The molecular formula is C18H15ClN2OS.